The second kappa shape index (κ2) is 6.88. The molecule has 0 saturated carbocycles. The Labute approximate surface area is 109 Å². The van der Waals surface area contributed by atoms with Crippen LogP contribution in [0.4, 0.5) is 0 Å². The molecule has 0 amide bonds. The molecule has 0 aliphatic carbocycles. The first-order chi connectivity index (χ1) is 8.79. The largest absolute Gasteiger partial charge is 0.396 e. The van der Waals surface area contributed by atoms with Gasteiger partial charge in [0.05, 0.1) is 6.10 Å². The molecule has 1 fully saturated rings. The van der Waals surface area contributed by atoms with Crippen LogP contribution < -0.4 is 0 Å². The molecular weight excluding hydrogens is 226 g/mol. The van der Waals surface area contributed by atoms with E-state index in [1.807, 2.05) is 30.3 Å². The van der Waals surface area contributed by atoms with Crippen LogP contribution in [0.25, 0.3) is 0 Å². The SMILES string of the molecule is OCC1CCN(CCC(O)c2ccccc2)CC1. The van der Waals surface area contributed by atoms with E-state index >= 15 is 0 Å². The average Bonchev–Trinajstić information content (AvgIpc) is 2.46. The van der Waals surface area contributed by atoms with Gasteiger partial charge in [0.15, 0.2) is 0 Å². The van der Waals surface area contributed by atoms with Gasteiger partial charge in [0.25, 0.3) is 0 Å². The van der Waals surface area contributed by atoms with Crippen molar-refractivity contribution < 1.29 is 10.2 Å². The van der Waals surface area contributed by atoms with Gasteiger partial charge in [-0.15, -0.1) is 0 Å². The predicted molar refractivity (Wildman–Crippen MR) is 72.3 cm³/mol. The minimum absolute atomic E-state index is 0.320. The second-order valence-corrected chi connectivity index (χ2v) is 5.18. The van der Waals surface area contributed by atoms with Crippen LogP contribution in [-0.4, -0.2) is 41.4 Å². The van der Waals surface area contributed by atoms with Gasteiger partial charge in [0, 0.05) is 13.2 Å². The van der Waals surface area contributed by atoms with Crippen molar-refractivity contribution in [3.05, 3.63) is 35.9 Å². The molecular formula is C15H23NO2. The topological polar surface area (TPSA) is 43.7 Å². The molecule has 1 aromatic rings. The van der Waals surface area contributed by atoms with Crippen molar-refractivity contribution in [3.8, 4) is 0 Å². The van der Waals surface area contributed by atoms with E-state index in [9.17, 15) is 5.11 Å². The molecule has 1 saturated heterocycles. The van der Waals surface area contributed by atoms with E-state index in [0.717, 1.165) is 44.5 Å². The summed E-state index contributed by atoms with van der Waals surface area (Å²) < 4.78 is 0. The first-order valence-corrected chi connectivity index (χ1v) is 6.86. The molecule has 0 spiro atoms. The zero-order chi connectivity index (χ0) is 12.8. The van der Waals surface area contributed by atoms with Gasteiger partial charge in [-0.2, -0.15) is 0 Å². The summed E-state index contributed by atoms with van der Waals surface area (Å²) in [7, 11) is 0. The van der Waals surface area contributed by atoms with E-state index in [4.69, 9.17) is 5.11 Å². The number of aliphatic hydroxyl groups excluding tert-OH is 2. The van der Waals surface area contributed by atoms with Gasteiger partial charge < -0.3 is 15.1 Å². The van der Waals surface area contributed by atoms with Gasteiger partial charge in [-0.1, -0.05) is 30.3 Å². The lowest BCUT2D eigenvalue weighted by atomic mass is 9.97. The van der Waals surface area contributed by atoms with Crippen LogP contribution >= 0.6 is 0 Å². The lowest BCUT2D eigenvalue weighted by Crippen LogP contribution is -2.35. The highest BCUT2D eigenvalue weighted by Gasteiger charge is 2.19. The maximum Gasteiger partial charge on any atom is 0.0802 e. The van der Waals surface area contributed by atoms with Crippen LogP contribution in [0.1, 0.15) is 30.9 Å². The fraction of sp³-hybridized carbons (Fsp3) is 0.600. The zero-order valence-corrected chi connectivity index (χ0v) is 10.8. The van der Waals surface area contributed by atoms with Gasteiger partial charge >= 0.3 is 0 Å². The highest BCUT2D eigenvalue weighted by atomic mass is 16.3. The van der Waals surface area contributed by atoms with Crippen molar-refractivity contribution in [2.45, 2.75) is 25.4 Å². The van der Waals surface area contributed by atoms with Gasteiger partial charge in [-0.05, 0) is 43.8 Å². The summed E-state index contributed by atoms with van der Waals surface area (Å²) in [6.07, 6.45) is 2.59. The zero-order valence-electron chi connectivity index (χ0n) is 10.8. The number of hydrogen-bond donors (Lipinski definition) is 2. The molecule has 1 atom stereocenters. The number of rotatable bonds is 5. The summed E-state index contributed by atoms with van der Waals surface area (Å²) in [5.74, 6) is 0.486. The molecule has 3 heteroatoms. The minimum Gasteiger partial charge on any atom is -0.396 e. The number of likely N-dealkylation sites (tertiary alicyclic amines) is 1. The number of benzene rings is 1. The molecule has 18 heavy (non-hydrogen) atoms. The molecule has 1 aliphatic heterocycles. The van der Waals surface area contributed by atoms with Gasteiger partial charge in [-0.3, -0.25) is 0 Å². The summed E-state index contributed by atoms with van der Waals surface area (Å²) in [5.41, 5.74) is 1.00. The van der Waals surface area contributed by atoms with E-state index in [0.29, 0.717) is 12.5 Å². The van der Waals surface area contributed by atoms with Crippen molar-refractivity contribution in [1.82, 2.24) is 4.90 Å². The molecule has 2 rings (SSSR count). The molecule has 100 valence electrons. The lowest BCUT2D eigenvalue weighted by Gasteiger charge is -2.31. The molecule has 3 nitrogen and oxygen atoms in total. The predicted octanol–water partition coefficient (Wildman–Crippen LogP) is 1.81. The van der Waals surface area contributed by atoms with Crippen LogP contribution in [0.2, 0.25) is 0 Å². The van der Waals surface area contributed by atoms with E-state index in [1.54, 1.807) is 0 Å². The van der Waals surface area contributed by atoms with Gasteiger partial charge in [0.1, 0.15) is 0 Å². The highest BCUT2D eigenvalue weighted by molar-refractivity contribution is 5.17. The average molecular weight is 249 g/mol. The number of nitrogens with zero attached hydrogens (tertiary/aromatic N) is 1. The van der Waals surface area contributed by atoms with Gasteiger partial charge in [0.2, 0.25) is 0 Å². The molecule has 0 radical (unpaired) electrons. The Bertz CT molecular complexity index is 334. The summed E-state index contributed by atoms with van der Waals surface area (Å²) in [6, 6.07) is 9.85. The van der Waals surface area contributed by atoms with Crippen molar-refractivity contribution >= 4 is 0 Å². The highest BCUT2D eigenvalue weighted by Crippen LogP contribution is 2.20. The third kappa shape index (κ3) is 3.80. The van der Waals surface area contributed by atoms with E-state index < -0.39 is 0 Å². The third-order valence-corrected chi connectivity index (χ3v) is 3.87. The Morgan fingerprint density at radius 2 is 1.83 bits per heavy atom. The maximum absolute atomic E-state index is 10.1. The number of aliphatic hydroxyl groups is 2. The van der Waals surface area contributed by atoms with Crippen LogP contribution in [0.15, 0.2) is 30.3 Å². The fourth-order valence-electron chi connectivity index (χ4n) is 2.54. The van der Waals surface area contributed by atoms with Crippen LogP contribution in [0, 0.1) is 5.92 Å². The summed E-state index contributed by atoms with van der Waals surface area (Å²) in [6.45, 7) is 3.36. The maximum atomic E-state index is 10.1. The van der Waals surface area contributed by atoms with Crippen LogP contribution in [0.5, 0.6) is 0 Å². The summed E-state index contributed by atoms with van der Waals surface area (Å²) in [4.78, 5) is 2.39. The Morgan fingerprint density at radius 1 is 1.17 bits per heavy atom. The Morgan fingerprint density at radius 3 is 2.44 bits per heavy atom. The van der Waals surface area contributed by atoms with E-state index in [1.165, 1.54) is 0 Å². The van der Waals surface area contributed by atoms with Crippen molar-refractivity contribution in [3.63, 3.8) is 0 Å². The smallest absolute Gasteiger partial charge is 0.0802 e. The molecule has 1 unspecified atom stereocenters. The standard InChI is InChI=1S/C15H23NO2/c17-12-13-6-9-16(10-7-13)11-8-15(18)14-4-2-1-3-5-14/h1-5,13,15,17-18H,6-12H2. The Hall–Kier alpha value is -0.900. The number of hydrogen-bond acceptors (Lipinski definition) is 3. The van der Waals surface area contributed by atoms with Crippen molar-refractivity contribution in [2.24, 2.45) is 5.92 Å². The number of piperidine rings is 1. The van der Waals surface area contributed by atoms with Gasteiger partial charge in [-0.25, -0.2) is 0 Å². The van der Waals surface area contributed by atoms with Crippen molar-refractivity contribution in [1.29, 1.82) is 0 Å². The molecule has 0 aromatic heterocycles. The van der Waals surface area contributed by atoms with E-state index in [2.05, 4.69) is 4.90 Å². The molecule has 1 heterocycles. The molecule has 1 aliphatic rings. The quantitative estimate of drug-likeness (QED) is 0.836. The molecule has 1 aromatic carbocycles. The van der Waals surface area contributed by atoms with Crippen LogP contribution in [0.3, 0.4) is 0 Å². The van der Waals surface area contributed by atoms with E-state index in [-0.39, 0.29) is 6.10 Å². The summed E-state index contributed by atoms with van der Waals surface area (Å²) in [5, 5.41) is 19.2. The lowest BCUT2D eigenvalue weighted by molar-refractivity contribution is 0.105. The molecule has 0 bridgehead atoms. The normalized spacial score (nSPS) is 19.9. The Balaban J connectivity index is 1.72. The molecule has 2 N–H and O–H groups in total. The first kappa shape index (κ1) is 13.5. The third-order valence-electron chi connectivity index (χ3n) is 3.87. The second-order valence-electron chi connectivity index (χ2n) is 5.18. The summed E-state index contributed by atoms with van der Waals surface area (Å²) >= 11 is 0. The first-order valence-electron chi connectivity index (χ1n) is 6.86. The van der Waals surface area contributed by atoms with Crippen LogP contribution in [-0.2, 0) is 0 Å². The minimum atomic E-state index is -0.359. The monoisotopic (exact) mass is 249 g/mol. The Kier molecular flexibility index (Phi) is 5.17. The fourth-order valence-corrected chi connectivity index (χ4v) is 2.54. The van der Waals surface area contributed by atoms with Crippen molar-refractivity contribution in [2.75, 3.05) is 26.2 Å².